The maximum absolute atomic E-state index is 13.9. The van der Waals surface area contributed by atoms with E-state index in [0.717, 1.165) is 4.57 Å². The number of rotatable bonds is 3. The minimum Gasteiger partial charge on any atom is -0.396 e. The molecule has 6 nitrogen and oxygen atoms in total. The van der Waals surface area contributed by atoms with Crippen molar-refractivity contribution in [1.29, 1.82) is 0 Å². The second-order valence-corrected chi connectivity index (χ2v) is 4.61. The van der Waals surface area contributed by atoms with Crippen molar-refractivity contribution in [3.05, 3.63) is 32.6 Å². The van der Waals surface area contributed by atoms with Gasteiger partial charge in [-0.3, -0.25) is 14.3 Å². The van der Waals surface area contributed by atoms with Gasteiger partial charge in [0.2, 0.25) is 0 Å². The summed E-state index contributed by atoms with van der Waals surface area (Å²) in [6.45, 7) is 0.819. The van der Waals surface area contributed by atoms with Crippen LogP contribution in [0, 0.1) is 18.8 Å². The van der Waals surface area contributed by atoms with Gasteiger partial charge in [-0.2, -0.15) is 0 Å². The van der Waals surface area contributed by atoms with Crippen molar-refractivity contribution < 1.29 is 14.6 Å². The molecular formula is C11H15FN2O4. The van der Waals surface area contributed by atoms with E-state index in [1.54, 1.807) is 0 Å². The molecule has 1 aliphatic carbocycles. The zero-order chi connectivity index (χ0) is 13.4. The Balaban J connectivity index is 2.41. The Hall–Kier alpha value is -1.47. The highest BCUT2D eigenvalue weighted by Gasteiger charge is 2.51. The molecule has 1 aromatic rings. The normalized spacial score (nSPS) is 31.1. The lowest BCUT2D eigenvalue weighted by Crippen LogP contribution is -2.55. The quantitative estimate of drug-likeness (QED) is 0.645. The SMILES string of the molecule is Cc1cn([C@@H]2[C@@H](F)[C@H](CO)[C@H]2CO)c(=O)[nH]c1=O. The van der Waals surface area contributed by atoms with Crippen molar-refractivity contribution in [2.75, 3.05) is 13.2 Å². The average molecular weight is 258 g/mol. The van der Waals surface area contributed by atoms with E-state index in [9.17, 15) is 19.1 Å². The molecule has 7 heteroatoms. The van der Waals surface area contributed by atoms with Crippen LogP contribution in [0.5, 0.6) is 0 Å². The van der Waals surface area contributed by atoms with E-state index >= 15 is 0 Å². The molecule has 0 aliphatic heterocycles. The van der Waals surface area contributed by atoms with Gasteiger partial charge < -0.3 is 10.2 Å². The molecule has 0 spiro atoms. The maximum atomic E-state index is 13.9. The summed E-state index contributed by atoms with van der Waals surface area (Å²) >= 11 is 0. The molecule has 0 radical (unpaired) electrons. The molecule has 4 atom stereocenters. The fourth-order valence-corrected chi connectivity index (χ4v) is 2.48. The molecule has 0 saturated heterocycles. The Labute approximate surface area is 102 Å². The maximum Gasteiger partial charge on any atom is 0.328 e. The third kappa shape index (κ3) is 1.79. The second kappa shape index (κ2) is 4.66. The van der Waals surface area contributed by atoms with Crippen LogP contribution in [0.25, 0.3) is 0 Å². The van der Waals surface area contributed by atoms with Gasteiger partial charge in [0.05, 0.1) is 6.04 Å². The highest BCUT2D eigenvalue weighted by molar-refractivity contribution is 5.07. The van der Waals surface area contributed by atoms with Crippen LogP contribution >= 0.6 is 0 Å². The molecule has 1 fully saturated rings. The highest BCUT2D eigenvalue weighted by Crippen LogP contribution is 2.45. The van der Waals surface area contributed by atoms with Gasteiger partial charge in [-0.1, -0.05) is 0 Å². The van der Waals surface area contributed by atoms with Crippen LogP contribution in [0.1, 0.15) is 11.6 Å². The van der Waals surface area contributed by atoms with E-state index in [1.165, 1.54) is 13.1 Å². The first-order chi connectivity index (χ1) is 8.51. The van der Waals surface area contributed by atoms with Crippen molar-refractivity contribution in [2.24, 2.45) is 11.8 Å². The first-order valence-corrected chi connectivity index (χ1v) is 5.69. The molecule has 100 valence electrons. The van der Waals surface area contributed by atoms with Crippen molar-refractivity contribution in [3.8, 4) is 0 Å². The summed E-state index contributed by atoms with van der Waals surface area (Å²) in [5.41, 5.74) is -0.913. The monoisotopic (exact) mass is 258 g/mol. The Morgan fingerprint density at radius 3 is 2.50 bits per heavy atom. The fourth-order valence-electron chi connectivity index (χ4n) is 2.48. The van der Waals surface area contributed by atoms with Gasteiger partial charge in [-0.05, 0) is 6.92 Å². The molecule has 3 N–H and O–H groups in total. The lowest BCUT2D eigenvalue weighted by Gasteiger charge is -2.46. The fraction of sp³-hybridized carbons (Fsp3) is 0.636. The summed E-state index contributed by atoms with van der Waals surface area (Å²) in [7, 11) is 0. The summed E-state index contributed by atoms with van der Waals surface area (Å²) in [6, 6.07) is -0.838. The number of nitrogens with one attached hydrogen (secondary N) is 1. The lowest BCUT2D eigenvalue weighted by molar-refractivity contribution is -0.0875. The Bertz CT molecular complexity index is 553. The number of alkyl halides is 1. The van der Waals surface area contributed by atoms with Crippen molar-refractivity contribution in [2.45, 2.75) is 19.1 Å². The molecule has 1 aromatic heterocycles. The zero-order valence-electron chi connectivity index (χ0n) is 9.84. The number of aromatic nitrogens is 2. The number of aliphatic hydroxyl groups is 2. The summed E-state index contributed by atoms with van der Waals surface area (Å²) in [4.78, 5) is 24.9. The van der Waals surface area contributed by atoms with Crippen LogP contribution in [0.3, 0.4) is 0 Å². The summed E-state index contributed by atoms with van der Waals surface area (Å²) in [5.74, 6) is -1.19. The molecule has 0 unspecified atom stereocenters. The van der Waals surface area contributed by atoms with Gasteiger partial charge in [0.25, 0.3) is 5.56 Å². The molecular weight excluding hydrogens is 243 g/mol. The van der Waals surface area contributed by atoms with E-state index in [-0.39, 0.29) is 13.2 Å². The predicted molar refractivity (Wildman–Crippen MR) is 61.1 cm³/mol. The molecule has 1 saturated carbocycles. The second-order valence-electron chi connectivity index (χ2n) is 4.61. The Kier molecular flexibility index (Phi) is 3.36. The molecule has 18 heavy (non-hydrogen) atoms. The molecule has 0 bridgehead atoms. The van der Waals surface area contributed by atoms with E-state index in [2.05, 4.69) is 4.98 Å². The van der Waals surface area contributed by atoms with E-state index < -0.39 is 35.3 Å². The molecule has 0 aromatic carbocycles. The first-order valence-electron chi connectivity index (χ1n) is 5.69. The van der Waals surface area contributed by atoms with Crippen LogP contribution in [0.2, 0.25) is 0 Å². The van der Waals surface area contributed by atoms with Gasteiger partial charge >= 0.3 is 5.69 Å². The third-order valence-corrected chi connectivity index (χ3v) is 3.61. The van der Waals surface area contributed by atoms with Crippen LogP contribution in [0.15, 0.2) is 15.8 Å². The van der Waals surface area contributed by atoms with Crippen LogP contribution in [-0.4, -0.2) is 39.1 Å². The standard InChI is InChI=1S/C11H15FN2O4/c1-5-2-14(11(18)13-10(5)17)9-7(4-16)6(3-15)8(9)12/h2,6-9,15-16H,3-4H2,1H3,(H,13,17,18)/t6-,7-,8+,9+/m1/s1. The topological polar surface area (TPSA) is 95.3 Å². The van der Waals surface area contributed by atoms with Gasteiger partial charge in [0.15, 0.2) is 0 Å². The number of nitrogens with zero attached hydrogens (tertiary/aromatic N) is 1. The number of H-pyrrole nitrogens is 1. The Morgan fingerprint density at radius 1 is 1.33 bits per heavy atom. The molecule has 0 amide bonds. The van der Waals surface area contributed by atoms with Gasteiger partial charge in [-0.25, -0.2) is 9.18 Å². The Morgan fingerprint density at radius 2 is 1.94 bits per heavy atom. The number of aliphatic hydroxyl groups excluding tert-OH is 2. The summed E-state index contributed by atoms with van der Waals surface area (Å²) < 4.78 is 15.0. The molecule has 2 rings (SSSR count). The lowest BCUT2D eigenvalue weighted by atomic mass is 9.68. The van der Waals surface area contributed by atoms with Gasteiger partial charge in [0, 0.05) is 36.8 Å². The van der Waals surface area contributed by atoms with E-state index in [4.69, 9.17) is 5.11 Å². The number of halogens is 1. The van der Waals surface area contributed by atoms with Crippen LogP contribution < -0.4 is 11.2 Å². The van der Waals surface area contributed by atoms with E-state index in [1.807, 2.05) is 0 Å². The minimum absolute atomic E-state index is 0.297. The number of hydrogen-bond acceptors (Lipinski definition) is 4. The van der Waals surface area contributed by atoms with Crippen molar-refractivity contribution in [3.63, 3.8) is 0 Å². The third-order valence-electron chi connectivity index (χ3n) is 3.61. The summed E-state index contributed by atoms with van der Waals surface area (Å²) in [5, 5.41) is 18.2. The molecule has 1 heterocycles. The highest BCUT2D eigenvalue weighted by atomic mass is 19.1. The molecule has 1 aliphatic rings. The van der Waals surface area contributed by atoms with Crippen LogP contribution in [0.4, 0.5) is 4.39 Å². The van der Waals surface area contributed by atoms with Crippen molar-refractivity contribution >= 4 is 0 Å². The minimum atomic E-state index is -1.41. The zero-order valence-corrected chi connectivity index (χ0v) is 9.84. The summed E-state index contributed by atoms with van der Waals surface area (Å²) in [6.07, 6.45) is -0.121. The van der Waals surface area contributed by atoms with E-state index in [0.29, 0.717) is 5.56 Å². The smallest absolute Gasteiger partial charge is 0.328 e. The van der Waals surface area contributed by atoms with Gasteiger partial charge in [0.1, 0.15) is 6.17 Å². The average Bonchev–Trinajstić information content (AvgIpc) is 2.33. The first kappa shape index (κ1) is 13.0. The predicted octanol–water partition coefficient (Wildman–Crippen LogP) is -1.05. The van der Waals surface area contributed by atoms with Gasteiger partial charge in [-0.15, -0.1) is 0 Å². The number of aromatic amines is 1. The number of hydrogen-bond donors (Lipinski definition) is 3. The largest absolute Gasteiger partial charge is 0.396 e. The number of aryl methyl sites for hydroxylation is 1. The van der Waals surface area contributed by atoms with Crippen molar-refractivity contribution in [1.82, 2.24) is 9.55 Å². The van der Waals surface area contributed by atoms with Crippen LogP contribution in [-0.2, 0) is 0 Å².